The average molecular weight is 349 g/mol. The first-order chi connectivity index (χ1) is 12.0. The molecule has 0 aromatic heterocycles. The van der Waals surface area contributed by atoms with Crippen LogP contribution in [-0.2, 0) is 20.9 Å². The van der Waals surface area contributed by atoms with Crippen LogP contribution in [0.4, 0.5) is 4.79 Å². The Bertz CT molecular complexity index is 549. The molecule has 0 aliphatic rings. The molecule has 1 rings (SSSR count). The van der Waals surface area contributed by atoms with Crippen LogP contribution >= 0.6 is 0 Å². The van der Waals surface area contributed by atoms with Crippen molar-refractivity contribution in [2.45, 2.75) is 39.7 Å². The van der Waals surface area contributed by atoms with Crippen molar-refractivity contribution < 1.29 is 19.1 Å². The molecule has 3 N–H and O–H groups in total. The van der Waals surface area contributed by atoms with Crippen LogP contribution in [0.3, 0.4) is 0 Å². The van der Waals surface area contributed by atoms with E-state index in [0.29, 0.717) is 31.8 Å². The lowest BCUT2D eigenvalue weighted by Gasteiger charge is -2.10. The Balaban J connectivity index is 2.06. The number of amides is 1. The minimum Gasteiger partial charge on any atom is -0.429 e. The van der Waals surface area contributed by atoms with Gasteiger partial charge in [0.15, 0.2) is 0 Å². The van der Waals surface area contributed by atoms with Crippen LogP contribution in [0.1, 0.15) is 38.7 Å². The quantitative estimate of drug-likeness (QED) is 0.275. The van der Waals surface area contributed by atoms with Gasteiger partial charge in [-0.15, -0.1) is 0 Å². The Hall–Kier alpha value is -2.57. The van der Waals surface area contributed by atoms with Crippen LogP contribution in [-0.4, -0.2) is 31.2 Å². The van der Waals surface area contributed by atoms with Crippen molar-refractivity contribution in [1.29, 1.82) is 5.41 Å². The SMILES string of the molecule is CCC(C)CC(=O)NCCCNC(=N)OC(=O)OCc1ccccc1. The highest BCUT2D eigenvalue weighted by atomic mass is 16.7. The topological polar surface area (TPSA) is 101 Å². The molecule has 1 aromatic carbocycles. The number of amidine groups is 1. The van der Waals surface area contributed by atoms with Gasteiger partial charge in [0.25, 0.3) is 6.02 Å². The molecule has 1 unspecified atom stereocenters. The van der Waals surface area contributed by atoms with Crippen molar-refractivity contribution in [2.24, 2.45) is 5.92 Å². The normalized spacial score (nSPS) is 11.3. The monoisotopic (exact) mass is 349 g/mol. The Morgan fingerprint density at radius 3 is 2.52 bits per heavy atom. The van der Waals surface area contributed by atoms with Crippen molar-refractivity contribution in [3.63, 3.8) is 0 Å². The van der Waals surface area contributed by atoms with Gasteiger partial charge in [0, 0.05) is 19.5 Å². The molecule has 0 radical (unpaired) electrons. The fourth-order valence-electron chi connectivity index (χ4n) is 1.92. The van der Waals surface area contributed by atoms with E-state index < -0.39 is 6.16 Å². The summed E-state index contributed by atoms with van der Waals surface area (Å²) in [6.45, 7) is 5.10. The summed E-state index contributed by atoms with van der Waals surface area (Å²) in [5.74, 6) is 0.409. The molecule has 0 fully saturated rings. The number of hydrogen-bond donors (Lipinski definition) is 3. The highest BCUT2D eigenvalue weighted by Crippen LogP contribution is 2.05. The zero-order valence-corrected chi connectivity index (χ0v) is 14.8. The van der Waals surface area contributed by atoms with Crippen molar-refractivity contribution in [2.75, 3.05) is 13.1 Å². The van der Waals surface area contributed by atoms with Gasteiger partial charge in [0.05, 0.1) is 0 Å². The number of ether oxygens (including phenoxy) is 2. The maximum atomic E-state index is 11.6. The van der Waals surface area contributed by atoms with Gasteiger partial charge in [-0.2, -0.15) is 0 Å². The molecule has 0 aliphatic carbocycles. The first-order valence-corrected chi connectivity index (χ1v) is 8.49. The van der Waals surface area contributed by atoms with Crippen molar-refractivity contribution in [3.8, 4) is 0 Å². The third-order valence-corrected chi connectivity index (χ3v) is 3.58. The van der Waals surface area contributed by atoms with E-state index in [-0.39, 0.29) is 18.5 Å². The van der Waals surface area contributed by atoms with Gasteiger partial charge in [-0.25, -0.2) is 4.79 Å². The van der Waals surface area contributed by atoms with E-state index in [1.807, 2.05) is 37.3 Å². The Morgan fingerprint density at radius 1 is 1.16 bits per heavy atom. The van der Waals surface area contributed by atoms with Crippen LogP contribution in [0, 0.1) is 11.3 Å². The number of carbonyl (C=O) groups is 2. The second-order valence-electron chi connectivity index (χ2n) is 5.80. The number of carbonyl (C=O) groups excluding carboxylic acids is 2. The molecule has 138 valence electrons. The first-order valence-electron chi connectivity index (χ1n) is 8.49. The fourth-order valence-corrected chi connectivity index (χ4v) is 1.92. The standard InChI is InChI=1S/C18H27N3O4/c1-3-14(2)12-16(22)20-10-7-11-21-17(19)25-18(23)24-13-15-8-5-4-6-9-15/h4-6,8-9,14H,3,7,10-13H2,1-2H3,(H2,19,21)(H,20,22). The van der Waals surface area contributed by atoms with Crippen molar-refractivity contribution >= 4 is 18.1 Å². The number of hydrogen-bond acceptors (Lipinski definition) is 5. The maximum absolute atomic E-state index is 11.6. The van der Waals surface area contributed by atoms with E-state index in [2.05, 4.69) is 17.6 Å². The van der Waals surface area contributed by atoms with E-state index in [1.165, 1.54) is 0 Å². The average Bonchev–Trinajstić information content (AvgIpc) is 2.60. The summed E-state index contributed by atoms with van der Waals surface area (Å²) < 4.78 is 9.60. The highest BCUT2D eigenvalue weighted by Gasteiger charge is 2.09. The third-order valence-electron chi connectivity index (χ3n) is 3.58. The lowest BCUT2D eigenvalue weighted by Crippen LogP contribution is -2.32. The molecule has 7 nitrogen and oxygen atoms in total. The molecule has 1 atom stereocenters. The first kappa shape index (κ1) is 20.5. The molecule has 25 heavy (non-hydrogen) atoms. The molecule has 0 saturated heterocycles. The molecular weight excluding hydrogens is 322 g/mol. The summed E-state index contributed by atoms with van der Waals surface area (Å²) in [4.78, 5) is 23.0. The van der Waals surface area contributed by atoms with E-state index in [1.54, 1.807) is 0 Å². The lowest BCUT2D eigenvalue weighted by molar-refractivity contribution is -0.121. The maximum Gasteiger partial charge on any atom is 0.516 e. The van der Waals surface area contributed by atoms with Gasteiger partial charge >= 0.3 is 6.16 Å². The molecule has 7 heteroatoms. The second-order valence-corrected chi connectivity index (χ2v) is 5.80. The summed E-state index contributed by atoms with van der Waals surface area (Å²) in [5, 5.41) is 13.0. The van der Waals surface area contributed by atoms with E-state index in [0.717, 1.165) is 12.0 Å². The largest absolute Gasteiger partial charge is 0.516 e. The predicted octanol–water partition coefficient (Wildman–Crippen LogP) is 2.81. The fraction of sp³-hybridized carbons (Fsp3) is 0.500. The number of nitrogens with one attached hydrogen (secondary N) is 3. The minimum absolute atomic E-state index is 0.0326. The molecular formula is C18H27N3O4. The molecule has 0 aliphatic heterocycles. The molecule has 0 saturated carbocycles. The molecule has 1 aromatic rings. The zero-order valence-electron chi connectivity index (χ0n) is 14.8. The summed E-state index contributed by atoms with van der Waals surface area (Å²) in [5.41, 5.74) is 0.840. The van der Waals surface area contributed by atoms with Crippen molar-refractivity contribution in [1.82, 2.24) is 10.6 Å². The third kappa shape index (κ3) is 10.0. The van der Waals surface area contributed by atoms with Crippen LogP contribution in [0.15, 0.2) is 30.3 Å². The number of rotatable bonds is 9. The van der Waals surface area contributed by atoms with Gasteiger partial charge in [-0.1, -0.05) is 50.6 Å². The van der Waals surface area contributed by atoms with Gasteiger partial charge in [0.1, 0.15) is 6.61 Å². The Labute approximate surface area is 148 Å². The Morgan fingerprint density at radius 2 is 1.84 bits per heavy atom. The molecule has 0 spiro atoms. The van der Waals surface area contributed by atoms with Crippen LogP contribution in [0.25, 0.3) is 0 Å². The van der Waals surface area contributed by atoms with E-state index in [9.17, 15) is 9.59 Å². The predicted molar refractivity (Wildman–Crippen MR) is 95.1 cm³/mol. The summed E-state index contributed by atoms with van der Waals surface area (Å²) in [6, 6.07) is 8.83. The van der Waals surface area contributed by atoms with Crippen LogP contribution in [0.2, 0.25) is 0 Å². The molecule has 0 heterocycles. The van der Waals surface area contributed by atoms with Gasteiger partial charge in [-0.05, 0) is 17.9 Å². The van der Waals surface area contributed by atoms with Gasteiger partial charge in [-0.3, -0.25) is 10.2 Å². The van der Waals surface area contributed by atoms with Crippen LogP contribution in [0.5, 0.6) is 0 Å². The van der Waals surface area contributed by atoms with Gasteiger partial charge in [0.2, 0.25) is 5.91 Å². The van der Waals surface area contributed by atoms with Gasteiger partial charge < -0.3 is 20.1 Å². The zero-order chi connectivity index (χ0) is 18.5. The minimum atomic E-state index is -0.928. The Kier molecular flexibility index (Phi) is 9.74. The highest BCUT2D eigenvalue weighted by molar-refractivity contribution is 5.82. The summed E-state index contributed by atoms with van der Waals surface area (Å²) in [6.07, 6.45) is 1.19. The van der Waals surface area contributed by atoms with Crippen molar-refractivity contribution in [3.05, 3.63) is 35.9 Å². The van der Waals surface area contributed by atoms with Crippen LogP contribution < -0.4 is 10.6 Å². The van der Waals surface area contributed by atoms with E-state index >= 15 is 0 Å². The lowest BCUT2D eigenvalue weighted by atomic mass is 10.1. The van der Waals surface area contributed by atoms with E-state index in [4.69, 9.17) is 14.9 Å². The number of benzene rings is 1. The summed E-state index contributed by atoms with van der Waals surface area (Å²) >= 11 is 0. The smallest absolute Gasteiger partial charge is 0.429 e. The molecule has 1 amide bonds. The molecule has 0 bridgehead atoms. The summed E-state index contributed by atoms with van der Waals surface area (Å²) in [7, 11) is 0. The second kappa shape index (κ2) is 11.9.